The Hall–Kier alpha value is -1.43. The summed E-state index contributed by atoms with van der Waals surface area (Å²) in [7, 11) is 3.17. The first-order valence-electron chi connectivity index (χ1n) is 5.27. The van der Waals surface area contributed by atoms with Crippen molar-refractivity contribution in [1.82, 2.24) is 15.0 Å². The highest BCUT2D eigenvalue weighted by molar-refractivity contribution is 5.71. The van der Waals surface area contributed by atoms with Crippen LogP contribution in [0.2, 0.25) is 0 Å². The van der Waals surface area contributed by atoms with E-state index in [-0.39, 0.29) is 12.5 Å². The van der Waals surface area contributed by atoms with E-state index in [9.17, 15) is 4.79 Å². The molecular formula is C10H15N3O3. The van der Waals surface area contributed by atoms with Crippen LogP contribution in [0.25, 0.3) is 0 Å². The number of carbonyl (C=O) groups is 1. The Morgan fingerprint density at radius 1 is 1.62 bits per heavy atom. The molecule has 1 aromatic rings. The zero-order chi connectivity index (χ0) is 11.5. The molecule has 2 rings (SSSR count). The van der Waals surface area contributed by atoms with Gasteiger partial charge in [-0.2, -0.15) is 4.98 Å². The zero-order valence-corrected chi connectivity index (χ0v) is 9.47. The largest absolute Gasteiger partial charge is 0.468 e. The molecule has 1 heterocycles. The van der Waals surface area contributed by atoms with Crippen LogP contribution in [0.3, 0.4) is 0 Å². The Bertz CT molecular complexity index is 373. The van der Waals surface area contributed by atoms with Crippen LogP contribution in [-0.4, -0.2) is 41.7 Å². The third-order valence-electron chi connectivity index (χ3n) is 2.46. The lowest BCUT2D eigenvalue weighted by atomic mass is 10.4. The van der Waals surface area contributed by atoms with Gasteiger partial charge in [0.25, 0.3) is 0 Å². The Labute approximate surface area is 93.6 Å². The van der Waals surface area contributed by atoms with E-state index < -0.39 is 0 Å². The summed E-state index contributed by atoms with van der Waals surface area (Å²) in [6.07, 6.45) is 2.30. The minimum atomic E-state index is -0.274. The molecule has 0 aliphatic heterocycles. The van der Waals surface area contributed by atoms with Crippen LogP contribution < -0.4 is 0 Å². The van der Waals surface area contributed by atoms with Gasteiger partial charge in [-0.25, -0.2) is 0 Å². The van der Waals surface area contributed by atoms with E-state index in [1.165, 1.54) is 7.11 Å². The highest BCUT2D eigenvalue weighted by atomic mass is 16.5. The van der Waals surface area contributed by atoms with Crippen LogP contribution in [0, 0.1) is 0 Å². The maximum Gasteiger partial charge on any atom is 0.319 e. The fourth-order valence-corrected chi connectivity index (χ4v) is 1.41. The molecule has 0 N–H and O–H groups in total. The first-order valence-corrected chi connectivity index (χ1v) is 5.27. The van der Waals surface area contributed by atoms with E-state index in [0.29, 0.717) is 18.4 Å². The van der Waals surface area contributed by atoms with Gasteiger partial charge >= 0.3 is 5.97 Å². The number of carbonyl (C=O) groups excluding carboxylic acids is 1. The second-order valence-corrected chi connectivity index (χ2v) is 4.07. The lowest BCUT2D eigenvalue weighted by Gasteiger charge is -2.11. The smallest absolute Gasteiger partial charge is 0.319 e. The number of methoxy groups -OCH3 is 1. The van der Waals surface area contributed by atoms with Gasteiger partial charge in [-0.05, 0) is 19.9 Å². The zero-order valence-electron chi connectivity index (χ0n) is 9.47. The molecule has 1 saturated carbocycles. The van der Waals surface area contributed by atoms with Crippen molar-refractivity contribution in [3.63, 3.8) is 0 Å². The fourth-order valence-electron chi connectivity index (χ4n) is 1.41. The molecule has 16 heavy (non-hydrogen) atoms. The van der Waals surface area contributed by atoms with E-state index in [0.717, 1.165) is 18.7 Å². The molecule has 1 aromatic heterocycles. The molecular weight excluding hydrogens is 210 g/mol. The number of hydrogen-bond donors (Lipinski definition) is 0. The summed E-state index contributed by atoms with van der Waals surface area (Å²) in [6.45, 7) is 0.687. The van der Waals surface area contributed by atoms with Crippen LogP contribution in [0.4, 0.5) is 0 Å². The topological polar surface area (TPSA) is 68.5 Å². The standard InChI is InChI=1S/C10H15N3O3/c1-13(6-9(14)15-2)5-8-11-10(12-16-8)7-3-4-7/h7H,3-6H2,1-2H3. The van der Waals surface area contributed by atoms with Gasteiger partial charge in [0.15, 0.2) is 5.82 Å². The number of likely N-dealkylation sites (N-methyl/N-ethyl adjacent to an activating group) is 1. The first kappa shape index (κ1) is 11.1. The Morgan fingerprint density at radius 2 is 2.38 bits per heavy atom. The molecule has 0 atom stereocenters. The number of ether oxygens (including phenoxy) is 1. The molecule has 0 amide bonds. The Balaban J connectivity index is 1.85. The van der Waals surface area contributed by atoms with E-state index in [1.807, 2.05) is 0 Å². The molecule has 0 aromatic carbocycles. The SMILES string of the molecule is COC(=O)CN(C)Cc1nc(C2CC2)no1. The summed E-state index contributed by atoms with van der Waals surface area (Å²) >= 11 is 0. The van der Waals surface area contributed by atoms with Crippen molar-refractivity contribution in [2.24, 2.45) is 0 Å². The summed E-state index contributed by atoms with van der Waals surface area (Å²) < 4.78 is 9.66. The van der Waals surface area contributed by atoms with Crippen molar-refractivity contribution >= 4 is 5.97 Å². The Morgan fingerprint density at radius 3 is 3.00 bits per heavy atom. The second kappa shape index (κ2) is 4.61. The van der Waals surface area contributed by atoms with E-state index in [4.69, 9.17) is 4.52 Å². The lowest BCUT2D eigenvalue weighted by molar-refractivity contribution is -0.141. The summed E-state index contributed by atoms with van der Waals surface area (Å²) in [5.41, 5.74) is 0. The van der Waals surface area contributed by atoms with Crippen LogP contribution in [-0.2, 0) is 16.1 Å². The van der Waals surface area contributed by atoms with Crippen LogP contribution in [0.15, 0.2) is 4.52 Å². The molecule has 0 spiro atoms. The molecule has 88 valence electrons. The third kappa shape index (κ3) is 2.79. The van der Waals surface area contributed by atoms with Gasteiger partial charge in [0.05, 0.1) is 20.2 Å². The number of esters is 1. The van der Waals surface area contributed by atoms with Crippen molar-refractivity contribution < 1.29 is 14.1 Å². The number of aromatic nitrogens is 2. The van der Waals surface area contributed by atoms with E-state index in [1.54, 1.807) is 11.9 Å². The van der Waals surface area contributed by atoms with Gasteiger partial charge in [-0.15, -0.1) is 0 Å². The molecule has 6 nitrogen and oxygen atoms in total. The van der Waals surface area contributed by atoms with E-state index >= 15 is 0 Å². The molecule has 0 radical (unpaired) electrons. The molecule has 0 unspecified atom stereocenters. The minimum Gasteiger partial charge on any atom is -0.468 e. The van der Waals surface area contributed by atoms with Gasteiger partial charge in [0.1, 0.15) is 0 Å². The minimum absolute atomic E-state index is 0.220. The number of rotatable bonds is 5. The van der Waals surface area contributed by atoms with Gasteiger partial charge in [0, 0.05) is 5.92 Å². The summed E-state index contributed by atoms with van der Waals surface area (Å²) in [5, 5.41) is 3.90. The molecule has 1 aliphatic rings. The van der Waals surface area contributed by atoms with E-state index in [2.05, 4.69) is 14.9 Å². The predicted octanol–water partition coefficient (Wildman–Crippen LogP) is 0.552. The monoisotopic (exact) mass is 225 g/mol. The average Bonchev–Trinajstić information content (AvgIpc) is 3.00. The van der Waals surface area contributed by atoms with Crippen molar-refractivity contribution in [1.29, 1.82) is 0 Å². The number of nitrogens with zero attached hydrogens (tertiary/aromatic N) is 3. The van der Waals surface area contributed by atoms with Crippen LogP contribution >= 0.6 is 0 Å². The van der Waals surface area contributed by atoms with Crippen molar-refractivity contribution in [3.05, 3.63) is 11.7 Å². The Kier molecular flexibility index (Phi) is 3.19. The molecule has 0 bridgehead atoms. The fraction of sp³-hybridized carbons (Fsp3) is 0.700. The van der Waals surface area contributed by atoms with Crippen LogP contribution in [0.5, 0.6) is 0 Å². The van der Waals surface area contributed by atoms with Crippen molar-refractivity contribution in [2.75, 3.05) is 20.7 Å². The van der Waals surface area contributed by atoms with Crippen LogP contribution in [0.1, 0.15) is 30.5 Å². The second-order valence-electron chi connectivity index (χ2n) is 4.07. The highest BCUT2D eigenvalue weighted by Gasteiger charge is 2.28. The third-order valence-corrected chi connectivity index (χ3v) is 2.46. The van der Waals surface area contributed by atoms with Crippen molar-refractivity contribution in [3.8, 4) is 0 Å². The molecule has 6 heteroatoms. The predicted molar refractivity (Wildman–Crippen MR) is 54.6 cm³/mol. The van der Waals surface area contributed by atoms with Gasteiger partial charge in [-0.1, -0.05) is 5.16 Å². The first-order chi connectivity index (χ1) is 7.69. The quantitative estimate of drug-likeness (QED) is 0.682. The van der Waals surface area contributed by atoms with Crippen molar-refractivity contribution in [2.45, 2.75) is 25.3 Å². The summed E-state index contributed by atoms with van der Waals surface area (Å²) in [4.78, 5) is 17.1. The molecule has 1 aliphatic carbocycles. The lowest BCUT2D eigenvalue weighted by Crippen LogP contribution is -2.26. The maximum absolute atomic E-state index is 11.0. The normalized spacial score (nSPS) is 15.4. The summed E-state index contributed by atoms with van der Waals surface area (Å²) in [6, 6.07) is 0. The number of hydrogen-bond acceptors (Lipinski definition) is 6. The van der Waals surface area contributed by atoms with Gasteiger partial charge in [-0.3, -0.25) is 9.69 Å². The highest BCUT2D eigenvalue weighted by Crippen LogP contribution is 2.38. The van der Waals surface area contributed by atoms with Gasteiger partial charge < -0.3 is 9.26 Å². The molecule has 1 fully saturated rings. The molecule has 0 saturated heterocycles. The summed E-state index contributed by atoms with van der Waals surface area (Å²) in [5.74, 6) is 1.56. The average molecular weight is 225 g/mol. The maximum atomic E-state index is 11.0. The van der Waals surface area contributed by atoms with Gasteiger partial charge in [0.2, 0.25) is 5.89 Å².